The number of hydrogen-bond acceptors (Lipinski definition) is 8. The number of benzene rings is 2. The second-order valence-corrected chi connectivity index (χ2v) is 10.5. The Morgan fingerprint density at radius 3 is 2.70 bits per heavy atom. The van der Waals surface area contributed by atoms with Crippen molar-refractivity contribution in [3.63, 3.8) is 0 Å². The number of halogens is 2. The van der Waals surface area contributed by atoms with Crippen LogP contribution in [0.15, 0.2) is 54.5 Å². The first kappa shape index (κ1) is 23.9. The molecule has 3 aliphatic rings. The fraction of sp³-hybridized carbons (Fsp3) is 0.308. The quantitative estimate of drug-likeness (QED) is 0.352. The average Bonchev–Trinajstić information content (AvgIpc) is 3.59. The van der Waals surface area contributed by atoms with Gasteiger partial charge < -0.3 is 20.8 Å². The number of aromatic nitrogens is 1. The molecule has 37 heavy (non-hydrogen) atoms. The Hall–Kier alpha value is -3.52. The number of rotatable bonds is 7. The number of nitrogens with zero attached hydrogens (tertiary/aromatic N) is 3. The van der Waals surface area contributed by atoms with Gasteiger partial charge in [-0.1, -0.05) is 23.7 Å². The van der Waals surface area contributed by atoms with Crippen molar-refractivity contribution >= 4 is 41.7 Å². The molecule has 3 heterocycles. The van der Waals surface area contributed by atoms with Gasteiger partial charge in [0, 0.05) is 29.5 Å². The van der Waals surface area contributed by atoms with Crippen molar-refractivity contribution in [2.75, 3.05) is 23.8 Å². The first-order valence-electron chi connectivity index (χ1n) is 12.0. The Labute approximate surface area is 220 Å². The number of anilines is 2. The van der Waals surface area contributed by atoms with E-state index in [2.05, 4.69) is 32.6 Å². The fourth-order valence-corrected chi connectivity index (χ4v) is 4.92. The van der Waals surface area contributed by atoms with Gasteiger partial charge in [-0.3, -0.25) is 9.99 Å². The summed E-state index contributed by atoms with van der Waals surface area (Å²) in [5, 5.41) is 19.7. The maximum atomic E-state index is 13.8. The lowest BCUT2D eigenvalue weighted by Crippen LogP contribution is -2.53. The van der Waals surface area contributed by atoms with Gasteiger partial charge in [-0.05, 0) is 49.6 Å². The molecule has 1 saturated heterocycles. The third kappa shape index (κ3) is 4.33. The van der Waals surface area contributed by atoms with E-state index in [9.17, 15) is 9.65 Å². The maximum Gasteiger partial charge on any atom is 0.123 e. The first-order valence-corrected chi connectivity index (χ1v) is 12.4. The van der Waals surface area contributed by atoms with E-state index in [0.717, 1.165) is 12.8 Å². The van der Waals surface area contributed by atoms with E-state index in [1.54, 1.807) is 18.2 Å². The highest BCUT2D eigenvalue weighted by molar-refractivity contribution is 6.36. The van der Waals surface area contributed by atoms with Gasteiger partial charge in [-0.2, -0.15) is 5.26 Å². The van der Waals surface area contributed by atoms with Crippen molar-refractivity contribution in [1.82, 2.24) is 21.0 Å². The molecule has 0 spiro atoms. The van der Waals surface area contributed by atoms with Gasteiger partial charge >= 0.3 is 0 Å². The van der Waals surface area contributed by atoms with Crippen LogP contribution in [0.5, 0.6) is 0 Å². The highest BCUT2D eigenvalue weighted by atomic mass is 35.5. The predicted molar refractivity (Wildman–Crippen MR) is 141 cm³/mol. The van der Waals surface area contributed by atoms with Crippen LogP contribution < -0.4 is 21.6 Å². The molecule has 11 heteroatoms. The summed E-state index contributed by atoms with van der Waals surface area (Å²) < 4.78 is 19.2. The number of hydrogen-bond donors (Lipinski definition) is 4. The van der Waals surface area contributed by atoms with Crippen LogP contribution >= 0.6 is 11.6 Å². The van der Waals surface area contributed by atoms with E-state index in [4.69, 9.17) is 24.2 Å². The topological polar surface area (TPSA) is 97.3 Å². The second-order valence-electron chi connectivity index (χ2n) is 10.0. The van der Waals surface area contributed by atoms with Gasteiger partial charge in [0.2, 0.25) is 0 Å². The number of nitriles is 1. The molecule has 1 atom stereocenters. The van der Waals surface area contributed by atoms with Crippen molar-refractivity contribution < 1.29 is 9.13 Å². The lowest BCUT2D eigenvalue weighted by molar-refractivity contribution is -0.0317. The summed E-state index contributed by atoms with van der Waals surface area (Å²) >= 11 is 6.70. The fourth-order valence-electron chi connectivity index (χ4n) is 4.65. The summed E-state index contributed by atoms with van der Waals surface area (Å²) in [5.41, 5.74) is 8.24. The van der Waals surface area contributed by atoms with E-state index >= 15 is 0 Å². The van der Waals surface area contributed by atoms with Crippen molar-refractivity contribution in [1.29, 1.82) is 5.26 Å². The summed E-state index contributed by atoms with van der Waals surface area (Å²) in [6.07, 6.45) is 5.63. The molecule has 0 amide bonds. The number of ether oxygens (including phenoxy) is 1. The van der Waals surface area contributed by atoms with Crippen LogP contribution in [0.2, 0.25) is 5.02 Å². The summed E-state index contributed by atoms with van der Waals surface area (Å²) in [4.78, 5) is 4.44. The van der Waals surface area contributed by atoms with Crippen LogP contribution in [-0.4, -0.2) is 42.6 Å². The minimum atomic E-state index is -1.26. The molecule has 1 saturated carbocycles. The van der Waals surface area contributed by atoms with Crippen molar-refractivity contribution in [3.8, 4) is 6.07 Å². The largest absolute Gasteiger partial charge is 0.378 e. The van der Waals surface area contributed by atoms with E-state index in [1.807, 2.05) is 24.2 Å². The molecule has 2 aliphatic heterocycles. The van der Waals surface area contributed by atoms with Crippen LogP contribution in [-0.2, 0) is 10.2 Å². The molecule has 0 bridgehead atoms. The van der Waals surface area contributed by atoms with Gasteiger partial charge in [-0.15, -0.1) is 5.53 Å². The summed E-state index contributed by atoms with van der Waals surface area (Å²) in [7, 11) is 7.04. The first-order chi connectivity index (χ1) is 17.8. The molecule has 2 aromatic carbocycles. The van der Waals surface area contributed by atoms with E-state index in [0.29, 0.717) is 63.4 Å². The van der Waals surface area contributed by atoms with Crippen molar-refractivity contribution in [3.05, 3.63) is 76.5 Å². The maximum absolute atomic E-state index is 13.8. The molecule has 8 nitrogen and oxygen atoms in total. The van der Waals surface area contributed by atoms with Crippen LogP contribution in [0.4, 0.5) is 15.8 Å². The molecule has 186 valence electrons. The zero-order valence-electron chi connectivity index (χ0n) is 20.1. The Kier molecular flexibility index (Phi) is 5.68. The predicted octanol–water partition coefficient (Wildman–Crippen LogP) is 3.86. The molecule has 2 fully saturated rings. The third-order valence-corrected chi connectivity index (χ3v) is 7.20. The zero-order valence-corrected chi connectivity index (χ0v) is 20.9. The number of nitrogens with one attached hydrogen (secondary N) is 4. The van der Waals surface area contributed by atoms with Crippen molar-refractivity contribution in [2.24, 2.45) is 0 Å². The van der Waals surface area contributed by atoms with E-state index in [1.165, 1.54) is 18.3 Å². The molecule has 4 N–H and O–H groups in total. The molecule has 1 aromatic heterocycles. The van der Waals surface area contributed by atoms with Crippen molar-refractivity contribution in [2.45, 2.75) is 36.8 Å². The zero-order chi connectivity index (χ0) is 25.8. The SMILES string of the molecule is [B]C(Nc1cc(Cl)c2ncc(C#N)c(NC3(C)COC3)c2c1)(C1=CN(C2CC2)NN1)c1ccc(F)cc1. The molecule has 2 radical (unpaired) electrons. The van der Waals surface area contributed by atoms with Gasteiger partial charge in [-0.25, -0.2) is 4.39 Å². The average molecular weight is 516 g/mol. The molecule has 3 aromatic rings. The molecule has 6 rings (SSSR count). The lowest BCUT2D eigenvalue weighted by atomic mass is 9.69. The second kappa shape index (κ2) is 8.80. The standard InChI is InChI=1S/C26H24BClFN7O/c1-25(13-37-14-25)33-23-15(10-30)11-31-24-20(23)8-18(9-21(24)28)32-26(27,16-2-4-17(29)5-3-16)22-12-36(35-34-22)19-6-7-19/h2-5,8-9,11-12,19,32,34-35H,6-7,13-14H2,1H3,(H,31,33). The summed E-state index contributed by atoms with van der Waals surface area (Å²) in [6.45, 7) is 3.08. The lowest BCUT2D eigenvalue weighted by Gasteiger charge is -2.40. The third-order valence-electron chi connectivity index (χ3n) is 6.91. The monoisotopic (exact) mass is 515 g/mol. The highest BCUT2D eigenvalue weighted by Crippen LogP contribution is 2.39. The molecule has 1 unspecified atom stereocenters. The van der Waals surface area contributed by atoms with Gasteiger partial charge in [0.05, 0.1) is 51.7 Å². The Bertz CT molecular complexity index is 1450. The van der Waals surface area contributed by atoms with E-state index < -0.39 is 5.44 Å². The van der Waals surface area contributed by atoms with Crippen LogP contribution in [0.25, 0.3) is 10.9 Å². The van der Waals surface area contributed by atoms with Gasteiger partial charge in [0.25, 0.3) is 0 Å². The highest BCUT2D eigenvalue weighted by Gasteiger charge is 2.38. The van der Waals surface area contributed by atoms with Crippen LogP contribution in [0, 0.1) is 17.1 Å². The van der Waals surface area contributed by atoms with Crippen LogP contribution in [0.3, 0.4) is 0 Å². The van der Waals surface area contributed by atoms with Crippen LogP contribution in [0.1, 0.15) is 30.9 Å². The number of hydrazine groups is 2. The number of pyridine rings is 1. The molecule has 1 aliphatic carbocycles. The minimum Gasteiger partial charge on any atom is -0.378 e. The summed E-state index contributed by atoms with van der Waals surface area (Å²) in [5.74, 6) is -0.356. The van der Waals surface area contributed by atoms with Gasteiger partial charge in [0.15, 0.2) is 0 Å². The van der Waals surface area contributed by atoms with Gasteiger partial charge in [0.1, 0.15) is 19.7 Å². The minimum absolute atomic E-state index is 0.307. The Morgan fingerprint density at radius 1 is 1.30 bits per heavy atom. The normalized spacial score (nSPS) is 19.8. The molecular formula is C26H24BClFN7O. The summed E-state index contributed by atoms with van der Waals surface area (Å²) in [6, 6.07) is 12.3. The Morgan fingerprint density at radius 2 is 2.05 bits per heavy atom. The smallest absolute Gasteiger partial charge is 0.123 e. The Balaban J connectivity index is 1.45. The van der Waals surface area contributed by atoms with E-state index in [-0.39, 0.29) is 11.4 Å². The number of fused-ring (bicyclic) bond motifs is 1. The molecular weight excluding hydrogens is 492 g/mol.